The Morgan fingerprint density at radius 2 is 2.19 bits per heavy atom. The number of anilines is 1. The highest BCUT2D eigenvalue weighted by Gasteiger charge is 2.39. The molecular formula is C12H14ClNO2. The van der Waals surface area contributed by atoms with Crippen LogP contribution in [-0.4, -0.2) is 11.0 Å². The van der Waals surface area contributed by atoms with Crippen molar-refractivity contribution in [3.63, 3.8) is 0 Å². The molecule has 1 saturated carbocycles. The predicted octanol–water partition coefficient (Wildman–Crippen LogP) is 2.95. The van der Waals surface area contributed by atoms with Crippen LogP contribution in [0.4, 0.5) is 5.69 Å². The molecule has 0 bridgehead atoms. The Kier molecular flexibility index (Phi) is 2.80. The molecule has 0 spiro atoms. The Morgan fingerprint density at radius 1 is 1.56 bits per heavy atom. The molecule has 1 fully saturated rings. The van der Waals surface area contributed by atoms with Gasteiger partial charge in [0.15, 0.2) is 0 Å². The van der Waals surface area contributed by atoms with E-state index in [1.54, 1.807) is 19.1 Å². The summed E-state index contributed by atoms with van der Waals surface area (Å²) in [5.41, 5.74) is 1.06. The molecule has 0 saturated heterocycles. The van der Waals surface area contributed by atoms with Gasteiger partial charge in [-0.25, -0.2) is 0 Å². The first-order valence-corrected chi connectivity index (χ1v) is 5.67. The van der Waals surface area contributed by atoms with Crippen molar-refractivity contribution in [2.75, 3.05) is 5.32 Å². The van der Waals surface area contributed by atoms with Crippen molar-refractivity contribution in [2.24, 2.45) is 11.8 Å². The van der Waals surface area contributed by atoms with Crippen LogP contribution in [0.15, 0.2) is 12.1 Å². The summed E-state index contributed by atoms with van der Waals surface area (Å²) in [6, 6.07) is 3.22. The van der Waals surface area contributed by atoms with E-state index in [2.05, 4.69) is 5.32 Å². The molecule has 0 radical (unpaired) electrons. The number of phenolic OH excluding ortho intramolecular Hbond substituents is 1. The van der Waals surface area contributed by atoms with Crippen LogP contribution in [0.1, 0.15) is 18.9 Å². The van der Waals surface area contributed by atoms with Crippen LogP contribution >= 0.6 is 11.6 Å². The van der Waals surface area contributed by atoms with Gasteiger partial charge in [-0.3, -0.25) is 4.79 Å². The lowest BCUT2D eigenvalue weighted by molar-refractivity contribution is -0.117. The highest BCUT2D eigenvalue weighted by molar-refractivity contribution is 6.31. The standard InChI is InChI=1S/C12H14ClNO2/c1-6-4-9(6)12(16)14-10-5-8(13)3-7(2)11(10)15/h3,5-6,9,15H,4H2,1-2H3,(H,14,16). The van der Waals surface area contributed by atoms with Gasteiger partial charge in [-0.15, -0.1) is 0 Å². The smallest absolute Gasteiger partial charge is 0.227 e. The molecule has 2 N–H and O–H groups in total. The van der Waals surface area contributed by atoms with Gasteiger partial charge in [-0.2, -0.15) is 0 Å². The monoisotopic (exact) mass is 239 g/mol. The molecule has 2 unspecified atom stereocenters. The Morgan fingerprint density at radius 3 is 2.75 bits per heavy atom. The summed E-state index contributed by atoms with van der Waals surface area (Å²) < 4.78 is 0. The van der Waals surface area contributed by atoms with Crippen LogP contribution in [0.25, 0.3) is 0 Å². The van der Waals surface area contributed by atoms with Gasteiger partial charge in [0.05, 0.1) is 5.69 Å². The first kappa shape index (κ1) is 11.3. The Labute approximate surface area is 99.4 Å². The number of hydrogen-bond acceptors (Lipinski definition) is 2. The van der Waals surface area contributed by atoms with E-state index in [9.17, 15) is 9.90 Å². The van der Waals surface area contributed by atoms with E-state index >= 15 is 0 Å². The second-order valence-electron chi connectivity index (χ2n) is 4.43. The summed E-state index contributed by atoms with van der Waals surface area (Å²) in [4.78, 5) is 11.7. The van der Waals surface area contributed by atoms with Gasteiger partial charge in [-0.1, -0.05) is 18.5 Å². The quantitative estimate of drug-likeness (QED) is 0.780. The molecule has 0 aliphatic heterocycles. The van der Waals surface area contributed by atoms with Crippen molar-refractivity contribution >= 4 is 23.2 Å². The van der Waals surface area contributed by atoms with Crippen molar-refractivity contribution in [1.82, 2.24) is 0 Å². The summed E-state index contributed by atoms with van der Waals surface area (Å²) in [7, 11) is 0. The van der Waals surface area contributed by atoms with Gasteiger partial charge in [0.2, 0.25) is 5.91 Å². The number of hydrogen-bond donors (Lipinski definition) is 2. The molecule has 2 atom stereocenters. The normalized spacial score (nSPS) is 22.9. The number of aryl methyl sites for hydroxylation is 1. The van der Waals surface area contributed by atoms with E-state index in [0.717, 1.165) is 6.42 Å². The molecule has 3 nitrogen and oxygen atoms in total. The molecule has 16 heavy (non-hydrogen) atoms. The van der Waals surface area contributed by atoms with Crippen molar-refractivity contribution in [3.05, 3.63) is 22.7 Å². The third kappa shape index (κ3) is 2.14. The number of benzene rings is 1. The molecule has 0 aromatic heterocycles. The van der Waals surface area contributed by atoms with Crippen LogP contribution in [0.2, 0.25) is 5.02 Å². The summed E-state index contributed by atoms with van der Waals surface area (Å²) >= 11 is 5.87. The number of carbonyl (C=O) groups is 1. The molecule has 4 heteroatoms. The predicted molar refractivity (Wildman–Crippen MR) is 63.8 cm³/mol. The van der Waals surface area contributed by atoms with E-state index < -0.39 is 0 Å². The molecule has 2 rings (SSSR count). The molecule has 1 aliphatic rings. The van der Waals surface area contributed by atoms with Gasteiger partial charge in [-0.05, 0) is 37.0 Å². The first-order valence-electron chi connectivity index (χ1n) is 5.29. The number of phenols is 1. The van der Waals surface area contributed by atoms with E-state index in [1.807, 2.05) is 6.92 Å². The lowest BCUT2D eigenvalue weighted by atomic mass is 10.2. The molecule has 1 aromatic carbocycles. The zero-order valence-corrected chi connectivity index (χ0v) is 10.0. The minimum absolute atomic E-state index is 0.0375. The number of rotatable bonds is 2. The van der Waals surface area contributed by atoms with E-state index in [4.69, 9.17) is 11.6 Å². The topological polar surface area (TPSA) is 49.3 Å². The number of halogens is 1. The van der Waals surface area contributed by atoms with Crippen LogP contribution in [-0.2, 0) is 4.79 Å². The van der Waals surface area contributed by atoms with Crippen molar-refractivity contribution in [3.8, 4) is 5.75 Å². The highest BCUT2D eigenvalue weighted by Crippen LogP contribution is 2.39. The minimum atomic E-state index is -0.0375. The van der Waals surface area contributed by atoms with Gasteiger partial charge in [0.1, 0.15) is 5.75 Å². The maximum atomic E-state index is 11.7. The molecule has 1 aromatic rings. The van der Waals surface area contributed by atoms with Crippen LogP contribution < -0.4 is 5.32 Å². The van der Waals surface area contributed by atoms with E-state index in [0.29, 0.717) is 22.2 Å². The van der Waals surface area contributed by atoms with Crippen LogP contribution in [0, 0.1) is 18.8 Å². The van der Waals surface area contributed by atoms with Gasteiger partial charge in [0.25, 0.3) is 0 Å². The fourth-order valence-corrected chi connectivity index (χ4v) is 2.02. The van der Waals surface area contributed by atoms with Gasteiger partial charge >= 0.3 is 0 Å². The lowest BCUT2D eigenvalue weighted by Crippen LogP contribution is -2.14. The third-order valence-corrected chi connectivity index (χ3v) is 3.19. The van der Waals surface area contributed by atoms with Crippen molar-refractivity contribution in [2.45, 2.75) is 20.3 Å². The number of amides is 1. The summed E-state index contributed by atoms with van der Waals surface area (Å²) in [5, 5.41) is 13.0. The van der Waals surface area contributed by atoms with E-state index in [-0.39, 0.29) is 17.6 Å². The summed E-state index contributed by atoms with van der Waals surface area (Å²) in [6.45, 7) is 3.78. The third-order valence-electron chi connectivity index (χ3n) is 2.97. The number of nitrogens with one attached hydrogen (secondary N) is 1. The number of carbonyl (C=O) groups excluding carboxylic acids is 1. The molecule has 1 amide bonds. The second-order valence-corrected chi connectivity index (χ2v) is 4.86. The first-order chi connectivity index (χ1) is 7.49. The molecular weight excluding hydrogens is 226 g/mol. The Balaban J connectivity index is 2.18. The van der Waals surface area contributed by atoms with Crippen LogP contribution in [0.5, 0.6) is 5.75 Å². The minimum Gasteiger partial charge on any atom is -0.505 e. The SMILES string of the molecule is Cc1cc(Cl)cc(NC(=O)C2CC2C)c1O. The fraction of sp³-hybridized carbons (Fsp3) is 0.417. The zero-order valence-electron chi connectivity index (χ0n) is 9.25. The maximum Gasteiger partial charge on any atom is 0.227 e. The second kappa shape index (κ2) is 3.98. The average Bonchev–Trinajstić information content (AvgIpc) is 2.91. The summed E-state index contributed by atoms with van der Waals surface area (Å²) in [5.74, 6) is 0.580. The van der Waals surface area contributed by atoms with E-state index in [1.165, 1.54) is 0 Å². The maximum absolute atomic E-state index is 11.7. The Bertz CT molecular complexity index is 445. The molecule has 0 heterocycles. The van der Waals surface area contributed by atoms with Crippen LogP contribution in [0.3, 0.4) is 0 Å². The number of aromatic hydroxyl groups is 1. The zero-order chi connectivity index (χ0) is 11.9. The molecule has 86 valence electrons. The Hall–Kier alpha value is -1.22. The van der Waals surface area contributed by atoms with Crippen molar-refractivity contribution < 1.29 is 9.90 Å². The van der Waals surface area contributed by atoms with Crippen molar-refractivity contribution in [1.29, 1.82) is 0 Å². The average molecular weight is 240 g/mol. The van der Waals surface area contributed by atoms with Gasteiger partial charge < -0.3 is 10.4 Å². The lowest BCUT2D eigenvalue weighted by Gasteiger charge is -2.09. The van der Waals surface area contributed by atoms with Gasteiger partial charge in [0, 0.05) is 10.9 Å². The largest absolute Gasteiger partial charge is 0.505 e. The highest BCUT2D eigenvalue weighted by atomic mass is 35.5. The molecule has 1 aliphatic carbocycles. The summed E-state index contributed by atoms with van der Waals surface area (Å²) in [6.07, 6.45) is 0.923. The fourth-order valence-electron chi connectivity index (χ4n) is 1.74.